The second-order valence-corrected chi connectivity index (χ2v) is 5.54. The number of aliphatic hydroxyl groups is 1. The molecule has 0 bridgehead atoms. The number of alkyl halides is 3. The minimum absolute atomic E-state index is 0.172. The summed E-state index contributed by atoms with van der Waals surface area (Å²) in [6.07, 6.45) is -1.73. The summed E-state index contributed by atoms with van der Waals surface area (Å²) in [7, 11) is 0. The molecule has 0 radical (unpaired) electrons. The largest absolute Gasteiger partial charge is 0.417 e. The molecule has 8 heteroatoms. The summed E-state index contributed by atoms with van der Waals surface area (Å²) in [5.41, 5.74) is -1.63. The number of aromatic nitrogens is 2. The van der Waals surface area contributed by atoms with Gasteiger partial charge in [0.2, 0.25) is 4.77 Å². The Morgan fingerprint density at radius 2 is 2.00 bits per heavy atom. The highest BCUT2D eigenvalue weighted by Gasteiger charge is 2.54. The fraction of sp³-hybridized carbons (Fsp3) is 0.667. The summed E-state index contributed by atoms with van der Waals surface area (Å²) < 4.78 is 40.2. The van der Waals surface area contributed by atoms with E-state index in [2.05, 4.69) is 4.98 Å². The van der Waals surface area contributed by atoms with Crippen LogP contribution in [0.15, 0.2) is 12.4 Å². The first kappa shape index (κ1) is 15.4. The number of halogens is 3. The molecule has 1 aromatic heterocycles. The van der Waals surface area contributed by atoms with Gasteiger partial charge in [-0.05, 0) is 37.5 Å². The van der Waals surface area contributed by atoms with Crippen LogP contribution in [0.1, 0.15) is 18.4 Å². The quantitative estimate of drug-likeness (QED) is 0.851. The van der Waals surface area contributed by atoms with Crippen molar-refractivity contribution < 1.29 is 18.3 Å². The van der Waals surface area contributed by atoms with Gasteiger partial charge >= 0.3 is 6.18 Å². The molecular weight excluding hydrogens is 291 g/mol. The summed E-state index contributed by atoms with van der Waals surface area (Å²) >= 11 is 5.08. The lowest BCUT2D eigenvalue weighted by Crippen LogP contribution is -2.53. The minimum atomic E-state index is -4.57. The van der Waals surface area contributed by atoms with E-state index < -0.39 is 11.8 Å². The van der Waals surface area contributed by atoms with Gasteiger partial charge in [-0.25, -0.2) is 4.98 Å². The van der Waals surface area contributed by atoms with Crippen LogP contribution in [0.25, 0.3) is 0 Å². The summed E-state index contributed by atoms with van der Waals surface area (Å²) in [4.78, 5) is 5.86. The van der Waals surface area contributed by atoms with E-state index in [1.807, 2.05) is 18.0 Å². The van der Waals surface area contributed by atoms with Crippen molar-refractivity contribution in [2.45, 2.75) is 38.2 Å². The zero-order valence-corrected chi connectivity index (χ0v) is 11.8. The van der Waals surface area contributed by atoms with Crippen molar-refractivity contribution in [3.63, 3.8) is 0 Å². The molecule has 0 atom stereocenters. The molecule has 0 spiro atoms. The van der Waals surface area contributed by atoms with Gasteiger partial charge in [-0.2, -0.15) is 13.2 Å². The number of likely N-dealkylation sites (tertiary alicyclic amines) is 1. The van der Waals surface area contributed by atoms with Gasteiger partial charge in [-0.3, -0.25) is 4.90 Å². The van der Waals surface area contributed by atoms with Gasteiger partial charge in [0.15, 0.2) is 5.60 Å². The van der Waals surface area contributed by atoms with Gasteiger partial charge in [0.25, 0.3) is 0 Å². The van der Waals surface area contributed by atoms with Crippen molar-refractivity contribution in [2.24, 2.45) is 0 Å². The van der Waals surface area contributed by atoms with Crippen LogP contribution < -0.4 is 0 Å². The fourth-order valence-electron chi connectivity index (χ4n) is 2.23. The first-order valence-corrected chi connectivity index (χ1v) is 6.67. The normalized spacial score (nSPS) is 20.1. The predicted molar refractivity (Wildman–Crippen MR) is 69.6 cm³/mol. The Hall–Kier alpha value is -0.990. The maximum atomic E-state index is 12.7. The van der Waals surface area contributed by atoms with Crippen LogP contribution in [0.4, 0.5) is 13.2 Å². The zero-order valence-electron chi connectivity index (χ0n) is 11.0. The molecule has 0 amide bonds. The average Bonchev–Trinajstić information content (AvgIpc) is 2.35. The molecule has 0 aromatic carbocycles. The van der Waals surface area contributed by atoms with E-state index in [1.165, 1.54) is 0 Å². The predicted octanol–water partition coefficient (Wildman–Crippen LogP) is 2.27. The molecule has 112 valence electrons. The van der Waals surface area contributed by atoms with E-state index >= 15 is 0 Å². The zero-order chi connectivity index (χ0) is 15.0. The SMILES string of the molecule is Cc1cnc(=S)n(CN2CCC(O)(C(F)(F)F)CC2)c1. The molecule has 0 unspecified atom stereocenters. The smallest absolute Gasteiger partial charge is 0.380 e. The fourth-order valence-corrected chi connectivity index (χ4v) is 2.39. The molecule has 2 heterocycles. The maximum absolute atomic E-state index is 12.7. The van der Waals surface area contributed by atoms with Gasteiger partial charge in [0.1, 0.15) is 0 Å². The highest BCUT2D eigenvalue weighted by Crippen LogP contribution is 2.38. The van der Waals surface area contributed by atoms with Crippen LogP contribution in [0.5, 0.6) is 0 Å². The molecule has 1 aliphatic heterocycles. The Labute approximate surface area is 119 Å². The van der Waals surface area contributed by atoms with E-state index in [9.17, 15) is 18.3 Å². The topological polar surface area (TPSA) is 41.3 Å². The molecule has 20 heavy (non-hydrogen) atoms. The van der Waals surface area contributed by atoms with Crippen LogP contribution in [0.3, 0.4) is 0 Å². The number of aryl methyl sites for hydroxylation is 1. The third-order valence-corrected chi connectivity index (χ3v) is 3.89. The monoisotopic (exact) mass is 307 g/mol. The van der Waals surface area contributed by atoms with Crippen molar-refractivity contribution in [1.82, 2.24) is 14.5 Å². The molecule has 1 fully saturated rings. The lowest BCUT2D eigenvalue weighted by Gasteiger charge is -2.39. The first-order chi connectivity index (χ1) is 9.21. The molecule has 1 N–H and O–H groups in total. The van der Waals surface area contributed by atoms with Gasteiger partial charge < -0.3 is 9.67 Å². The van der Waals surface area contributed by atoms with Crippen LogP contribution in [0.2, 0.25) is 0 Å². The maximum Gasteiger partial charge on any atom is 0.417 e. The Kier molecular flexibility index (Phi) is 4.17. The minimum Gasteiger partial charge on any atom is -0.380 e. The van der Waals surface area contributed by atoms with Crippen molar-refractivity contribution in [1.29, 1.82) is 0 Å². The lowest BCUT2D eigenvalue weighted by molar-refractivity contribution is -0.273. The molecule has 4 nitrogen and oxygen atoms in total. The molecule has 2 rings (SSSR count). The number of nitrogens with zero attached hydrogens (tertiary/aromatic N) is 3. The van der Waals surface area contributed by atoms with Crippen molar-refractivity contribution in [3.05, 3.63) is 22.7 Å². The number of hydrogen-bond acceptors (Lipinski definition) is 4. The number of hydrogen-bond donors (Lipinski definition) is 1. The van der Waals surface area contributed by atoms with Crippen LogP contribution in [-0.4, -0.2) is 44.4 Å². The molecular formula is C12H16F3N3OS. The molecule has 0 aliphatic carbocycles. The third kappa shape index (κ3) is 3.18. The van der Waals surface area contributed by atoms with Gasteiger partial charge in [-0.1, -0.05) is 0 Å². The van der Waals surface area contributed by atoms with E-state index in [0.717, 1.165) is 5.56 Å². The van der Waals surface area contributed by atoms with Gasteiger partial charge in [0, 0.05) is 25.5 Å². The Morgan fingerprint density at radius 1 is 1.40 bits per heavy atom. The van der Waals surface area contributed by atoms with E-state index in [1.54, 1.807) is 10.8 Å². The second kappa shape index (κ2) is 5.42. The summed E-state index contributed by atoms with van der Waals surface area (Å²) in [5, 5.41) is 9.60. The summed E-state index contributed by atoms with van der Waals surface area (Å²) in [6.45, 7) is 2.61. The third-order valence-electron chi connectivity index (χ3n) is 3.55. The Morgan fingerprint density at radius 3 is 2.55 bits per heavy atom. The van der Waals surface area contributed by atoms with Crippen LogP contribution in [0, 0.1) is 11.7 Å². The Bertz CT molecular complexity index is 535. The van der Waals surface area contributed by atoms with E-state index in [4.69, 9.17) is 12.2 Å². The number of piperidine rings is 1. The highest BCUT2D eigenvalue weighted by atomic mass is 32.1. The first-order valence-electron chi connectivity index (χ1n) is 6.26. The van der Waals surface area contributed by atoms with Crippen molar-refractivity contribution >= 4 is 12.2 Å². The second-order valence-electron chi connectivity index (χ2n) is 5.17. The molecule has 1 aliphatic rings. The van der Waals surface area contributed by atoms with Gasteiger partial charge in [0.05, 0.1) is 6.67 Å². The highest BCUT2D eigenvalue weighted by molar-refractivity contribution is 7.71. The standard InChI is InChI=1S/C12H16F3N3OS/c1-9-6-16-10(20)18(7-9)8-17-4-2-11(19,3-5-17)12(13,14)15/h6-7,19H,2-5,8H2,1H3. The summed E-state index contributed by atoms with van der Waals surface area (Å²) in [6, 6.07) is 0. The molecule has 0 saturated carbocycles. The molecule has 1 saturated heterocycles. The number of rotatable bonds is 2. The van der Waals surface area contributed by atoms with Crippen LogP contribution in [-0.2, 0) is 6.67 Å². The lowest BCUT2D eigenvalue weighted by atomic mass is 9.91. The summed E-state index contributed by atoms with van der Waals surface area (Å²) in [5.74, 6) is 0. The van der Waals surface area contributed by atoms with Gasteiger partial charge in [-0.15, -0.1) is 0 Å². The van der Waals surface area contributed by atoms with Crippen molar-refractivity contribution in [3.8, 4) is 0 Å². The Balaban J connectivity index is 2.02. The van der Waals surface area contributed by atoms with Crippen molar-refractivity contribution in [2.75, 3.05) is 13.1 Å². The van der Waals surface area contributed by atoms with E-state index in [0.29, 0.717) is 11.4 Å². The average molecular weight is 307 g/mol. The van der Waals surface area contributed by atoms with Crippen LogP contribution >= 0.6 is 12.2 Å². The van der Waals surface area contributed by atoms with E-state index in [-0.39, 0.29) is 25.9 Å². The molecule has 1 aromatic rings.